The van der Waals surface area contributed by atoms with Gasteiger partial charge in [0.25, 0.3) is 0 Å². The number of H-pyrrole nitrogens is 1. The zero-order valence-electron chi connectivity index (χ0n) is 13.3. The molecule has 0 bridgehead atoms. The molecule has 6 heteroatoms. The number of rotatable bonds is 3. The van der Waals surface area contributed by atoms with E-state index in [4.69, 9.17) is 0 Å². The Kier molecular flexibility index (Phi) is 3.47. The van der Waals surface area contributed by atoms with Gasteiger partial charge in [-0.05, 0) is 45.9 Å². The van der Waals surface area contributed by atoms with E-state index in [1.165, 1.54) is 12.1 Å². The number of hydrogen-bond acceptors (Lipinski definition) is 3. The molecule has 2 heterocycles. The SMILES string of the molecule is Cc1nc(CCc2nc3ccc(F)cc3[nH]2)n(C(C)(C)C)n1. The molecule has 22 heavy (non-hydrogen) atoms. The van der Waals surface area contributed by atoms with Crippen molar-refractivity contribution in [2.45, 2.75) is 46.1 Å². The van der Waals surface area contributed by atoms with Crippen molar-refractivity contribution >= 4 is 11.0 Å². The zero-order valence-corrected chi connectivity index (χ0v) is 13.3. The van der Waals surface area contributed by atoms with Crippen LogP contribution in [0.5, 0.6) is 0 Å². The van der Waals surface area contributed by atoms with Gasteiger partial charge in [-0.1, -0.05) is 0 Å². The molecule has 0 unspecified atom stereocenters. The van der Waals surface area contributed by atoms with Gasteiger partial charge in [0.1, 0.15) is 23.3 Å². The lowest BCUT2D eigenvalue weighted by Crippen LogP contribution is -2.26. The highest BCUT2D eigenvalue weighted by atomic mass is 19.1. The summed E-state index contributed by atoms with van der Waals surface area (Å²) in [6.45, 7) is 8.22. The van der Waals surface area contributed by atoms with Crippen LogP contribution in [0.25, 0.3) is 11.0 Å². The molecule has 0 aliphatic carbocycles. The fourth-order valence-corrected chi connectivity index (χ4v) is 2.54. The smallest absolute Gasteiger partial charge is 0.147 e. The molecule has 1 aromatic carbocycles. The molecule has 0 saturated carbocycles. The van der Waals surface area contributed by atoms with Gasteiger partial charge in [0.15, 0.2) is 0 Å². The topological polar surface area (TPSA) is 59.4 Å². The molecule has 1 N–H and O–H groups in total. The molecule has 0 atom stereocenters. The second-order valence-electron chi connectivity index (χ2n) is 6.50. The molecule has 0 spiro atoms. The molecule has 0 saturated heterocycles. The summed E-state index contributed by atoms with van der Waals surface area (Å²) < 4.78 is 15.2. The maximum Gasteiger partial charge on any atom is 0.147 e. The predicted molar refractivity (Wildman–Crippen MR) is 83.2 cm³/mol. The van der Waals surface area contributed by atoms with E-state index in [-0.39, 0.29) is 11.4 Å². The van der Waals surface area contributed by atoms with Crippen LogP contribution in [0.15, 0.2) is 18.2 Å². The monoisotopic (exact) mass is 301 g/mol. The first-order valence-corrected chi connectivity index (χ1v) is 7.40. The Balaban J connectivity index is 1.82. The van der Waals surface area contributed by atoms with Crippen molar-refractivity contribution in [3.05, 3.63) is 41.5 Å². The number of nitrogens with one attached hydrogen (secondary N) is 1. The van der Waals surface area contributed by atoms with Crippen LogP contribution >= 0.6 is 0 Å². The molecule has 5 nitrogen and oxygen atoms in total. The Hall–Kier alpha value is -2.24. The Bertz CT molecular complexity index is 810. The van der Waals surface area contributed by atoms with Gasteiger partial charge in [0.2, 0.25) is 0 Å². The summed E-state index contributed by atoms with van der Waals surface area (Å²) in [6, 6.07) is 4.58. The maximum atomic E-state index is 13.2. The maximum absolute atomic E-state index is 13.2. The molecular formula is C16H20FN5. The average molecular weight is 301 g/mol. The highest BCUT2D eigenvalue weighted by Crippen LogP contribution is 2.17. The van der Waals surface area contributed by atoms with Crippen LogP contribution in [0.1, 0.15) is 38.2 Å². The minimum absolute atomic E-state index is 0.104. The lowest BCUT2D eigenvalue weighted by molar-refractivity contribution is 0.340. The molecule has 3 aromatic rings. The number of aromatic amines is 1. The standard InChI is InChI=1S/C16H20FN5/c1-10-18-15(22(21-10)16(2,3)4)8-7-14-19-12-6-5-11(17)9-13(12)20-14/h5-6,9H,7-8H2,1-4H3,(H,19,20). The van der Waals surface area contributed by atoms with Crippen LogP contribution in [0, 0.1) is 12.7 Å². The number of hydrogen-bond donors (Lipinski definition) is 1. The largest absolute Gasteiger partial charge is 0.342 e. The van der Waals surface area contributed by atoms with Crippen LogP contribution in [0.4, 0.5) is 4.39 Å². The molecule has 0 amide bonds. The molecule has 2 aromatic heterocycles. The molecule has 0 fully saturated rings. The quantitative estimate of drug-likeness (QED) is 0.808. The molecular weight excluding hydrogens is 281 g/mol. The first-order valence-electron chi connectivity index (χ1n) is 7.40. The molecule has 3 rings (SSSR count). The minimum atomic E-state index is -0.259. The van der Waals surface area contributed by atoms with Gasteiger partial charge >= 0.3 is 0 Å². The van der Waals surface area contributed by atoms with Crippen LogP contribution in [-0.4, -0.2) is 24.7 Å². The Morgan fingerprint density at radius 2 is 1.95 bits per heavy atom. The third-order valence-electron chi connectivity index (χ3n) is 3.49. The molecule has 116 valence electrons. The van der Waals surface area contributed by atoms with Crippen molar-refractivity contribution < 1.29 is 4.39 Å². The lowest BCUT2D eigenvalue weighted by atomic mass is 10.1. The number of halogens is 1. The van der Waals surface area contributed by atoms with E-state index in [0.717, 1.165) is 34.9 Å². The first-order chi connectivity index (χ1) is 10.3. The van der Waals surface area contributed by atoms with Crippen molar-refractivity contribution in [1.29, 1.82) is 0 Å². The van der Waals surface area contributed by atoms with Crippen LogP contribution in [0.2, 0.25) is 0 Å². The predicted octanol–water partition coefficient (Wildman–Crippen LogP) is 3.14. The summed E-state index contributed by atoms with van der Waals surface area (Å²) in [5.41, 5.74) is 1.40. The van der Waals surface area contributed by atoms with Gasteiger partial charge in [0, 0.05) is 12.8 Å². The van der Waals surface area contributed by atoms with E-state index in [9.17, 15) is 4.39 Å². The number of nitrogens with zero attached hydrogens (tertiary/aromatic N) is 4. The van der Waals surface area contributed by atoms with Gasteiger partial charge < -0.3 is 4.98 Å². The highest BCUT2D eigenvalue weighted by molar-refractivity contribution is 5.74. The van der Waals surface area contributed by atoms with Crippen molar-refractivity contribution in [1.82, 2.24) is 24.7 Å². The second kappa shape index (κ2) is 5.19. The summed E-state index contributed by atoms with van der Waals surface area (Å²) in [5, 5.41) is 4.47. The number of imidazole rings is 1. The number of benzene rings is 1. The second-order valence-corrected chi connectivity index (χ2v) is 6.50. The zero-order chi connectivity index (χ0) is 15.9. The van der Waals surface area contributed by atoms with E-state index in [1.807, 2.05) is 11.6 Å². The third-order valence-corrected chi connectivity index (χ3v) is 3.49. The van der Waals surface area contributed by atoms with Gasteiger partial charge in [-0.25, -0.2) is 19.0 Å². The van der Waals surface area contributed by atoms with E-state index < -0.39 is 0 Å². The van der Waals surface area contributed by atoms with E-state index in [0.29, 0.717) is 6.42 Å². The van der Waals surface area contributed by atoms with Crippen molar-refractivity contribution in [2.24, 2.45) is 0 Å². The Morgan fingerprint density at radius 3 is 2.68 bits per heavy atom. The van der Waals surface area contributed by atoms with Crippen molar-refractivity contribution in [2.75, 3.05) is 0 Å². The molecule has 0 aliphatic heterocycles. The van der Waals surface area contributed by atoms with E-state index in [2.05, 4.69) is 40.8 Å². The van der Waals surface area contributed by atoms with Gasteiger partial charge in [-0.3, -0.25) is 0 Å². The van der Waals surface area contributed by atoms with Gasteiger partial charge in [0.05, 0.1) is 16.6 Å². The van der Waals surface area contributed by atoms with Crippen LogP contribution in [0.3, 0.4) is 0 Å². The fraction of sp³-hybridized carbons (Fsp3) is 0.438. The molecule has 0 aliphatic rings. The van der Waals surface area contributed by atoms with Gasteiger partial charge in [-0.15, -0.1) is 0 Å². The number of aromatic nitrogens is 5. The Labute approximate surface area is 128 Å². The third kappa shape index (κ3) is 2.86. The minimum Gasteiger partial charge on any atom is -0.342 e. The Morgan fingerprint density at radius 1 is 1.18 bits per heavy atom. The normalized spacial score (nSPS) is 12.2. The summed E-state index contributed by atoms with van der Waals surface area (Å²) >= 11 is 0. The highest BCUT2D eigenvalue weighted by Gasteiger charge is 2.20. The van der Waals surface area contributed by atoms with Gasteiger partial charge in [-0.2, -0.15) is 5.10 Å². The van der Waals surface area contributed by atoms with Crippen molar-refractivity contribution in [3.8, 4) is 0 Å². The van der Waals surface area contributed by atoms with E-state index in [1.54, 1.807) is 6.07 Å². The summed E-state index contributed by atoms with van der Waals surface area (Å²) in [5.74, 6) is 2.29. The van der Waals surface area contributed by atoms with Crippen molar-refractivity contribution in [3.63, 3.8) is 0 Å². The lowest BCUT2D eigenvalue weighted by Gasteiger charge is -2.21. The number of fused-ring (bicyclic) bond motifs is 1. The average Bonchev–Trinajstić information content (AvgIpc) is 2.98. The molecule has 0 radical (unpaired) electrons. The fourth-order valence-electron chi connectivity index (χ4n) is 2.54. The van der Waals surface area contributed by atoms with Crippen LogP contribution < -0.4 is 0 Å². The van der Waals surface area contributed by atoms with Crippen LogP contribution in [-0.2, 0) is 18.4 Å². The number of aryl methyl sites for hydroxylation is 3. The van der Waals surface area contributed by atoms with E-state index >= 15 is 0 Å². The summed E-state index contributed by atoms with van der Waals surface area (Å²) in [7, 11) is 0. The summed E-state index contributed by atoms with van der Waals surface area (Å²) in [6.07, 6.45) is 1.45. The first kappa shape index (κ1) is 14.7. The summed E-state index contributed by atoms with van der Waals surface area (Å²) in [4.78, 5) is 12.2.